The maximum absolute atomic E-state index is 12.8. The SMILES string of the molecule is COCCCc1cccc2nc3[nH]c(N)c(C(=O)NC4CCCC4)c3nc12. The number of hydrogen-bond acceptors (Lipinski definition) is 5. The lowest BCUT2D eigenvalue weighted by molar-refractivity contribution is 0.0940. The minimum Gasteiger partial charge on any atom is -0.385 e. The molecular weight excluding hydrogens is 342 g/mol. The molecule has 1 fully saturated rings. The summed E-state index contributed by atoms with van der Waals surface area (Å²) in [6.07, 6.45) is 6.10. The molecule has 1 amide bonds. The van der Waals surface area contributed by atoms with Crippen LogP contribution >= 0.6 is 0 Å². The van der Waals surface area contributed by atoms with Gasteiger partial charge in [0.15, 0.2) is 5.65 Å². The Hall–Kier alpha value is -2.67. The van der Waals surface area contributed by atoms with Crippen molar-refractivity contribution in [2.24, 2.45) is 0 Å². The molecule has 0 unspecified atom stereocenters. The van der Waals surface area contributed by atoms with Crippen LogP contribution in [0.1, 0.15) is 48.0 Å². The van der Waals surface area contributed by atoms with Gasteiger partial charge in [0.25, 0.3) is 5.91 Å². The topological polar surface area (TPSA) is 106 Å². The Morgan fingerprint density at radius 1 is 1.30 bits per heavy atom. The van der Waals surface area contributed by atoms with Crippen LogP contribution < -0.4 is 11.1 Å². The first kappa shape index (κ1) is 17.7. The molecular formula is C20H25N5O2. The largest absolute Gasteiger partial charge is 0.385 e. The Morgan fingerprint density at radius 3 is 2.89 bits per heavy atom. The first-order valence-electron chi connectivity index (χ1n) is 9.54. The maximum Gasteiger partial charge on any atom is 0.257 e. The highest BCUT2D eigenvalue weighted by Crippen LogP contribution is 2.27. The molecule has 2 aromatic heterocycles. The zero-order chi connectivity index (χ0) is 18.8. The van der Waals surface area contributed by atoms with Gasteiger partial charge in [-0.25, -0.2) is 9.97 Å². The number of benzene rings is 1. The molecule has 7 heteroatoms. The van der Waals surface area contributed by atoms with Gasteiger partial charge in [0.1, 0.15) is 16.9 Å². The van der Waals surface area contributed by atoms with E-state index in [2.05, 4.69) is 15.3 Å². The van der Waals surface area contributed by atoms with Crippen LogP contribution in [0.3, 0.4) is 0 Å². The van der Waals surface area contributed by atoms with E-state index in [0.29, 0.717) is 29.2 Å². The summed E-state index contributed by atoms with van der Waals surface area (Å²) >= 11 is 0. The molecule has 0 atom stereocenters. The van der Waals surface area contributed by atoms with Gasteiger partial charge in [-0.15, -0.1) is 0 Å². The minimum atomic E-state index is -0.170. The second-order valence-corrected chi connectivity index (χ2v) is 7.17. The summed E-state index contributed by atoms with van der Waals surface area (Å²) < 4.78 is 5.15. The molecule has 27 heavy (non-hydrogen) atoms. The summed E-state index contributed by atoms with van der Waals surface area (Å²) in [7, 11) is 1.70. The highest BCUT2D eigenvalue weighted by molar-refractivity contribution is 6.10. The average molecular weight is 367 g/mol. The number of aromatic amines is 1. The van der Waals surface area contributed by atoms with Crippen LogP contribution in [-0.2, 0) is 11.2 Å². The number of para-hydroxylation sites is 1. The Labute approximate surface area is 157 Å². The van der Waals surface area contributed by atoms with Gasteiger partial charge in [0, 0.05) is 19.8 Å². The fraction of sp³-hybridized carbons (Fsp3) is 0.450. The number of aryl methyl sites for hydroxylation is 1. The fourth-order valence-corrected chi connectivity index (χ4v) is 3.88. The highest BCUT2D eigenvalue weighted by Gasteiger charge is 2.24. The monoisotopic (exact) mass is 367 g/mol. The van der Waals surface area contributed by atoms with Gasteiger partial charge in [0.2, 0.25) is 0 Å². The molecule has 0 aliphatic heterocycles. The van der Waals surface area contributed by atoms with E-state index >= 15 is 0 Å². The normalized spacial score (nSPS) is 15.0. The van der Waals surface area contributed by atoms with Gasteiger partial charge in [-0.3, -0.25) is 4.79 Å². The number of anilines is 1. The van der Waals surface area contributed by atoms with E-state index in [4.69, 9.17) is 15.5 Å². The number of carbonyl (C=O) groups is 1. The number of nitrogens with zero attached hydrogens (tertiary/aromatic N) is 2. The smallest absolute Gasteiger partial charge is 0.257 e. The molecule has 1 saturated carbocycles. The molecule has 4 N–H and O–H groups in total. The quantitative estimate of drug-likeness (QED) is 0.581. The van der Waals surface area contributed by atoms with Crippen LogP contribution in [0.5, 0.6) is 0 Å². The molecule has 0 bridgehead atoms. The van der Waals surface area contributed by atoms with Gasteiger partial charge in [0.05, 0.1) is 11.0 Å². The summed E-state index contributed by atoms with van der Waals surface area (Å²) in [5.41, 5.74) is 10.3. The van der Waals surface area contributed by atoms with Crippen molar-refractivity contribution < 1.29 is 9.53 Å². The summed E-state index contributed by atoms with van der Waals surface area (Å²) in [6, 6.07) is 6.18. The number of H-pyrrole nitrogens is 1. The van der Waals surface area contributed by atoms with Crippen LogP contribution in [0, 0.1) is 0 Å². The third-order valence-corrected chi connectivity index (χ3v) is 5.25. The number of nitrogen functional groups attached to an aromatic ring is 1. The van der Waals surface area contributed by atoms with E-state index in [1.807, 2.05) is 18.2 Å². The third-order valence-electron chi connectivity index (χ3n) is 5.25. The van der Waals surface area contributed by atoms with Crippen LogP contribution in [0.15, 0.2) is 18.2 Å². The first-order valence-corrected chi connectivity index (χ1v) is 9.54. The number of carbonyl (C=O) groups excluding carboxylic acids is 1. The van der Waals surface area contributed by atoms with E-state index < -0.39 is 0 Å². The van der Waals surface area contributed by atoms with E-state index in [0.717, 1.165) is 55.1 Å². The van der Waals surface area contributed by atoms with E-state index in [1.54, 1.807) is 7.11 Å². The number of nitrogens with two attached hydrogens (primary N) is 1. The molecule has 0 spiro atoms. The van der Waals surface area contributed by atoms with Gasteiger partial charge >= 0.3 is 0 Å². The molecule has 0 saturated heterocycles. The number of rotatable bonds is 6. The van der Waals surface area contributed by atoms with Gasteiger partial charge in [-0.2, -0.15) is 0 Å². The van der Waals surface area contributed by atoms with Crippen molar-refractivity contribution in [3.63, 3.8) is 0 Å². The minimum absolute atomic E-state index is 0.170. The van der Waals surface area contributed by atoms with Crippen LogP contribution in [0.25, 0.3) is 22.2 Å². The van der Waals surface area contributed by atoms with E-state index in [-0.39, 0.29) is 11.9 Å². The predicted octanol–water partition coefficient (Wildman–Crippen LogP) is 2.94. The summed E-state index contributed by atoms with van der Waals surface area (Å²) in [4.78, 5) is 25.3. The highest BCUT2D eigenvalue weighted by atomic mass is 16.5. The van der Waals surface area contributed by atoms with Gasteiger partial charge in [-0.05, 0) is 37.3 Å². The molecule has 0 radical (unpaired) electrons. The Morgan fingerprint density at radius 2 is 2.11 bits per heavy atom. The van der Waals surface area contributed by atoms with Crippen molar-refractivity contribution in [1.29, 1.82) is 0 Å². The lowest BCUT2D eigenvalue weighted by atomic mass is 10.1. The molecule has 1 aromatic carbocycles. The molecule has 7 nitrogen and oxygen atoms in total. The molecule has 142 valence electrons. The zero-order valence-electron chi connectivity index (χ0n) is 15.5. The van der Waals surface area contributed by atoms with Crippen molar-refractivity contribution in [2.75, 3.05) is 19.5 Å². The predicted molar refractivity (Wildman–Crippen MR) is 106 cm³/mol. The average Bonchev–Trinajstić information content (AvgIpc) is 3.26. The third kappa shape index (κ3) is 3.47. The first-order chi connectivity index (χ1) is 13.2. The lowest BCUT2D eigenvalue weighted by Gasteiger charge is -2.11. The number of nitrogens with one attached hydrogen (secondary N) is 2. The Balaban J connectivity index is 1.74. The molecule has 2 heterocycles. The van der Waals surface area contributed by atoms with Crippen molar-refractivity contribution in [1.82, 2.24) is 20.3 Å². The second kappa shape index (κ2) is 7.52. The molecule has 4 rings (SSSR count). The second-order valence-electron chi connectivity index (χ2n) is 7.17. The van der Waals surface area contributed by atoms with Crippen molar-refractivity contribution >= 4 is 33.9 Å². The van der Waals surface area contributed by atoms with Gasteiger partial charge in [-0.1, -0.05) is 25.0 Å². The number of ether oxygens (including phenoxy) is 1. The summed E-state index contributed by atoms with van der Waals surface area (Å²) in [5.74, 6) is 0.146. The Kier molecular flexibility index (Phi) is 4.94. The van der Waals surface area contributed by atoms with Crippen molar-refractivity contribution in [2.45, 2.75) is 44.6 Å². The van der Waals surface area contributed by atoms with Crippen LogP contribution in [-0.4, -0.2) is 40.6 Å². The van der Waals surface area contributed by atoms with E-state index in [1.165, 1.54) is 0 Å². The Bertz CT molecular complexity index is 975. The lowest BCUT2D eigenvalue weighted by Crippen LogP contribution is -2.33. The molecule has 1 aliphatic rings. The zero-order valence-corrected chi connectivity index (χ0v) is 15.5. The molecule has 3 aromatic rings. The van der Waals surface area contributed by atoms with Crippen LogP contribution in [0.4, 0.5) is 5.82 Å². The maximum atomic E-state index is 12.8. The fourth-order valence-electron chi connectivity index (χ4n) is 3.88. The van der Waals surface area contributed by atoms with E-state index in [9.17, 15) is 4.79 Å². The number of amides is 1. The van der Waals surface area contributed by atoms with Crippen molar-refractivity contribution in [3.05, 3.63) is 29.3 Å². The van der Waals surface area contributed by atoms with Crippen LogP contribution in [0.2, 0.25) is 0 Å². The van der Waals surface area contributed by atoms with Gasteiger partial charge < -0.3 is 20.8 Å². The summed E-state index contributed by atoms with van der Waals surface area (Å²) in [6.45, 7) is 0.693. The number of hydrogen-bond donors (Lipinski definition) is 3. The standard InChI is InChI=1S/C20H25N5O2/c1-27-11-5-7-12-6-4-10-14-16(12)24-17-15(18(21)25-19(17)23-14)20(26)22-13-8-2-3-9-13/h4,6,10,13H,2-3,5,7-9,11,21H2,1H3,(H,22,26)(H,23,25). The summed E-state index contributed by atoms with van der Waals surface area (Å²) in [5, 5.41) is 3.10. The van der Waals surface area contributed by atoms with Crippen molar-refractivity contribution in [3.8, 4) is 0 Å². The molecule has 1 aliphatic carbocycles. The number of methoxy groups -OCH3 is 1. The number of aromatic nitrogens is 3. The number of fused-ring (bicyclic) bond motifs is 2.